The molecule has 1 aliphatic rings. The second-order valence-corrected chi connectivity index (χ2v) is 6.39. The number of hydrogen-bond donors (Lipinski definition) is 0. The van der Waals surface area contributed by atoms with Crippen LogP contribution in [0, 0.1) is 17.0 Å². The van der Waals surface area contributed by atoms with Crippen molar-refractivity contribution in [1.82, 2.24) is 4.98 Å². The Morgan fingerprint density at radius 2 is 2.19 bits per heavy atom. The summed E-state index contributed by atoms with van der Waals surface area (Å²) >= 11 is 1.97. The Hall–Kier alpha value is -1.82. The topological polar surface area (TPSA) is 59.3 Å². The molecule has 0 aliphatic carbocycles. The molecule has 1 fully saturated rings. The summed E-state index contributed by atoms with van der Waals surface area (Å²) in [4.78, 5) is 17.6. The maximum absolute atomic E-state index is 11.2. The first-order valence-electron chi connectivity index (χ1n) is 7.04. The summed E-state index contributed by atoms with van der Waals surface area (Å²) in [7, 11) is 0. The predicted octanol–water partition coefficient (Wildman–Crippen LogP) is 3.39. The number of nitro benzene ring substituents is 1. The van der Waals surface area contributed by atoms with Crippen LogP contribution in [0.15, 0.2) is 24.3 Å². The number of pyridine rings is 1. The number of aromatic nitrogens is 1. The van der Waals surface area contributed by atoms with Crippen LogP contribution in [0.5, 0.6) is 0 Å². The number of aryl methyl sites for hydroxylation is 1. The summed E-state index contributed by atoms with van der Waals surface area (Å²) in [5, 5.41) is 12.1. The summed E-state index contributed by atoms with van der Waals surface area (Å²) in [5.74, 6) is 2.27. The number of hydrogen-bond acceptors (Lipinski definition) is 5. The smallest absolute Gasteiger partial charge is 0.295 e. The number of anilines is 1. The first kappa shape index (κ1) is 14.1. The normalized spacial score (nSPS) is 16.0. The van der Waals surface area contributed by atoms with Crippen molar-refractivity contribution in [2.75, 3.05) is 29.5 Å². The lowest BCUT2D eigenvalue weighted by atomic mass is 10.1. The third-order valence-corrected chi connectivity index (χ3v) is 4.73. The van der Waals surface area contributed by atoms with Gasteiger partial charge in [-0.15, -0.1) is 0 Å². The van der Waals surface area contributed by atoms with Crippen molar-refractivity contribution in [1.29, 1.82) is 0 Å². The number of nitrogens with zero attached hydrogens (tertiary/aromatic N) is 3. The molecule has 5 nitrogen and oxygen atoms in total. The van der Waals surface area contributed by atoms with Crippen LogP contribution >= 0.6 is 11.8 Å². The molecular formula is C15H17N3O2S. The molecule has 0 radical (unpaired) electrons. The van der Waals surface area contributed by atoms with E-state index in [1.807, 2.05) is 30.8 Å². The lowest BCUT2D eigenvalue weighted by molar-refractivity contribution is -0.383. The molecule has 0 spiro atoms. The van der Waals surface area contributed by atoms with Crippen molar-refractivity contribution in [2.24, 2.45) is 0 Å². The van der Waals surface area contributed by atoms with Gasteiger partial charge in [0.05, 0.1) is 4.92 Å². The van der Waals surface area contributed by atoms with Crippen molar-refractivity contribution in [3.8, 4) is 0 Å². The maximum Gasteiger partial charge on any atom is 0.295 e. The molecule has 1 aliphatic heterocycles. The summed E-state index contributed by atoms with van der Waals surface area (Å²) in [6, 6.07) is 7.24. The van der Waals surface area contributed by atoms with Crippen molar-refractivity contribution in [3.63, 3.8) is 0 Å². The Morgan fingerprint density at radius 3 is 3.00 bits per heavy atom. The second-order valence-electron chi connectivity index (χ2n) is 5.17. The molecule has 1 aromatic heterocycles. The van der Waals surface area contributed by atoms with Crippen LogP contribution in [0.1, 0.15) is 12.1 Å². The van der Waals surface area contributed by atoms with Crippen LogP contribution in [-0.2, 0) is 0 Å². The fraction of sp³-hybridized carbons (Fsp3) is 0.400. The summed E-state index contributed by atoms with van der Waals surface area (Å²) in [6.07, 6.45) is 1.14. The van der Waals surface area contributed by atoms with Crippen LogP contribution in [0.3, 0.4) is 0 Å². The monoisotopic (exact) mass is 303 g/mol. The quantitative estimate of drug-likeness (QED) is 0.628. The average molecular weight is 303 g/mol. The molecule has 0 bridgehead atoms. The molecule has 0 saturated carbocycles. The van der Waals surface area contributed by atoms with E-state index in [1.54, 1.807) is 6.07 Å². The lowest BCUT2D eigenvalue weighted by Crippen LogP contribution is -2.25. The average Bonchev–Trinajstić information content (AvgIpc) is 2.74. The number of benzene rings is 1. The molecule has 1 aromatic carbocycles. The zero-order valence-corrected chi connectivity index (χ0v) is 12.7. The van der Waals surface area contributed by atoms with Gasteiger partial charge in [0.15, 0.2) is 5.52 Å². The molecule has 2 aromatic rings. The molecular weight excluding hydrogens is 286 g/mol. The third-order valence-electron chi connectivity index (χ3n) is 3.68. The molecule has 0 atom stereocenters. The molecule has 1 saturated heterocycles. The number of para-hydroxylation sites is 1. The lowest BCUT2D eigenvalue weighted by Gasteiger charge is -2.24. The molecule has 110 valence electrons. The van der Waals surface area contributed by atoms with E-state index in [2.05, 4.69) is 9.88 Å². The van der Waals surface area contributed by atoms with Gasteiger partial charge in [-0.25, -0.2) is 4.98 Å². The number of fused-ring (bicyclic) bond motifs is 1. The van der Waals surface area contributed by atoms with Crippen LogP contribution < -0.4 is 4.90 Å². The molecule has 3 rings (SSSR count). The van der Waals surface area contributed by atoms with Gasteiger partial charge < -0.3 is 4.90 Å². The summed E-state index contributed by atoms with van der Waals surface area (Å²) in [5.41, 5.74) is 2.48. The highest BCUT2D eigenvalue weighted by Crippen LogP contribution is 2.32. The Labute approximate surface area is 127 Å². The Kier molecular flexibility index (Phi) is 3.96. The number of nitro groups is 1. The van der Waals surface area contributed by atoms with Gasteiger partial charge in [0.1, 0.15) is 0 Å². The molecule has 0 amide bonds. The first-order chi connectivity index (χ1) is 10.2. The highest BCUT2D eigenvalue weighted by molar-refractivity contribution is 7.99. The number of non-ortho nitro benzene ring substituents is 1. The van der Waals surface area contributed by atoms with E-state index < -0.39 is 0 Å². The van der Waals surface area contributed by atoms with Gasteiger partial charge in [0.2, 0.25) is 0 Å². The zero-order chi connectivity index (χ0) is 14.8. The molecule has 0 unspecified atom stereocenters. The minimum absolute atomic E-state index is 0.0849. The zero-order valence-electron chi connectivity index (χ0n) is 11.9. The van der Waals surface area contributed by atoms with E-state index in [-0.39, 0.29) is 10.6 Å². The van der Waals surface area contributed by atoms with E-state index in [0.717, 1.165) is 42.0 Å². The fourth-order valence-electron chi connectivity index (χ4n) is 2.74. The van der Waals surface area contributed by atoms with E-state index in [9.17, 15) is 10.1 Å². The van der Waals surface area contributed by atoms with Crippen molar-refractivity contribution >= 4 is 34.0 Å². The summed E-state index contributed by atoms with van der Waals surface area (Å²) in [6.45, 7) is 3.87. The van der Waals surface area contributed by atoms with Crippen molar-refractivity contribution in [3.05, 3.63) is 40.1 Å². The van der Waals surface area contributed by atoms with Crippen molar-refractivity contribution in [2.45, 2.75) is 13.3 Å². The number of rotatable bonds is 2. The minimum atomic E-state index is -0.350. The summed E-state index contributed by atoms with van der Waals surface area (Å²) < 4.78 is 0. The third kappa shape index (κ3) is 2.81. The fourth-order valence-corrected chi connectivity index (χ4v) is 3.62. The van der Waals surface area contributed by atoms with Crippen LogP contribution in [0.25, 0.3) is 10.9 Å². The van der Waals surface area contributed by atoms with Gasteiger partial charge in [-0.1, -0.05) is 12.1 Å². The SMILES string of the molecule is Cc1cc(N2CCCSCC2)c2cccc([N+](=O)[O-])c2n1. The maximum atomic E-state index is 11.2. The van der Waals surface area contributed by atoms with Gasteiger partial charge in [-0.3, -0.25) is 10.1 Å². The van der Waals surface area contributed by atoms with Gasteiger partial charge in [0.25, 0.3) is 5.69 Å². The van der Waals surface area contributed by atoms with E-state index >= 15 is 0 Å². The van der Waals surface area contributed by atoms with Gasteiger partial charge in [0, 0.05) is 41.7 Å². The molecule has 6 heteroatoms. The Balaban J connectivity index is 2.17. The standard InChI is InChI=1S/C15H17N3O2S/c1-11-10-14(17-6-3-8-21-9-7-17)12-4-2-5-13(18(19)20)15(12)16-11/h2,4-5,10H,3,6-9H2,1H3. The van der Waals surface area contributed by atoms with Gasteiger partial charge >= 0.3 is 0 Å². The first-order valence-corrected chi connectivity index (χ1v) is 8.20. The van der Waals surface area contributed by atoms with Gasteiger partial charge in [-0.05, 0) is 25.2 Å². The molecule has 0 N–H and O–H groups in total. The highest BCUT2D eigenvalue weighted by Gasteiger charge is 2.19. The van der Waals surface area contributed by atoms with Crippen molar-refractivity contribution < 1.29 is 4.92 Å². The second kappa shape index (κ2) is 5.89. The van der Waals surface area contributed by atoms with Gasteiger partial charge in [-0.2, -0.15) is 11.8 Å². The molecule has 21 heavy (non-hydrogen) atoms. The van der Waals surface area contributed by atoms with Crippen LogP contribution in [0.4, 0.5) is 11.4 Å². The minimum Gasteiger partial charge on any atom is -0.370 e. The highest BCUT2D eigenvalue weighted by atomic mass is 32.2. The van der Waals surface area contributed by atoms with Crippen LogP contribution in [0.2, 0.25) is 0 Å². The Bertz CT molecular complexity index is 682. The van der Waals surface area contributed by atoms with E-state index in [4.69, 9.17) is 0 Å². The Morgan fingerprint density at radius 1 is 1.33 bits per heavy atom. The number of thioether (sulfide) groups is 1. The van der Waals surface area contributed by atoms with E-state index in [1.165, 1.54) is 11.8 Å². The largest absolute Gasteiger partial charge is 0.370 e. The van der Waals surface area contributed by atoms with E-state index in [0.29, 0.717) is 5.52 Å². The van der Waals surface area contributed by atoms with Crippen LogP contribution in [-0.4, -0.2) is 34.5 Å². The predicted molar refractivity (Wildman–Crippen MR) is 87.3 cm³/mol. The molecule has 2 heterocycles.